The number of Topliss-reactive ketones (excluding diaryl/α,β-unsaturated/α-hetero) is 1. The summed E-state index contributed by atoms with van der Waals surface area (Å²) in [5, 5.41) is 2.87. The van der Waals surface area contributed by atoms with E-state index in [0.717, 1.165) is 36.4 Å². The highest BCUT2D eigenvalue weighted by atomic mass is 16.5. The number of likely N-dealkylation sites (N-methyl/N-ethyl adjacent to an activating group) is 1. The third kappa shape index (κ3) is 3.21. The second-order valence-electron chi connectivity index (χ2n) is 8.76. The molecule has 0 bridgehead atoms. The van der Waals surface area contributed by atoms with Gasteiger partial charge in [0.15, 0.2) is 5.78 Å². The van der Waals surface area contributed by atoms with Crippen LogP contribution < -0.4 is 5.32 Å². The van der Waals surface area contributed by atoms with Crippen LogP contribution in [0.4, 0.5) is 0 Å². The Labute approximate surface area is 161 Å². The zero-order chi connectivity index (χ0) is 19.2. The molecule has 0 aliphatic heterocycles. The number of hydrogen-bond donors (Lipinski definition) is 1. The number of rotatable bonds is 7. The first kappa shape index (κ1) is 18.6. The van der Waals surface area contributed by atoms with Crippen molar-refractivity contribution in [2.24, 2.45) is 11.8 Å². The summed E-state index contributed by atoms with van der Waals surface area (Å²) in [6.07, 6.45) is 4.77. The van der Waals surface area contributed by atoms with Gasteiger partial charge in [-0.1, -0.05) is 13.0 Å². The summed E-state index contributed by atoms with van der Waals surface area (Å²) >= 11 is 0. The molecule has 1 N–H and O–H groups in total. The molecule has 0 radical (unpaired) electrons. The number of fused-ring (bicyclic) bond motifs is 3. The van der Waals surface area contributed by atoms with Crippen LogP contribution in [0, 0.1) is 11.8 Å². The van der Waals surface area contributed by atoms with Crippen LogP contribution in [0.3, 0.4) is 0 Å². The lowest BCUT2D eigenvalue weighted by Crippen LogP contribution is -2.60. The number of ether oxygens (including phenoxy) is 1. The summed E-state index contributed by atoms with van der Waals surface area (Å²) in [4.78, 5) is 28.1. The van der Waals surface area contributed by atoms with Gasteiger partial charge in [0, 0.05) is 31.3 Å². The maximum Gasteiger partial charge on any atom is 0.251 e. The Hall–Kier alpha value is -1.72. The largest absolute Gasteiger partial charge is 0.383 e. The van der Waals surface area contributed by atoms with Crippen molar-refractivity contribution in [3.63, 3.8) is 0 Å². The van der Waals surface area contributed by atoms with E-state index < -0.39 is 0 Å². The van der Waals surface area contributed by atoms with Gasteiger partial charge in [-0.3, -0.25) is 14.5 Å². The lowest BCUT2D eigenvalue weighted by Gasteiger charge is -2.56. The van der Waals surface area contributed by atoms with Crippen molar-refractivity contribution in [1.29, 1.82) is 0 Å². The van der Waals surface area contributed by atoms with Crippen molar-refractivity contribution in [3.05, 3.63) is 34.9 Å². The van der Waals surface area contributed by atoms with Gasteiger partial charge in [-0.05, 0) is 67.7 Å². The topological polar surface area (TPSA) is 58.6 Å². The molecule has 4 rings (SSSR count). The van der Waals surface area contributed by atoms with E-state index in [-0.39, 0.29) is 23.1 Å². The van der Waals surface area contributed by atoms with E-state index in [1.54, 1.807) is 13.2 Å². The molecule has 0 heterocycles. The Bertz CT molecular complexity index is 758. The average molecular weight is 370 g/mol. The highest BCUT2D eigenvalue weighted by molar-refractivity contribution is 6.05. The molecule has 0 aromatic heterocycles. The predicted molar refractivity (Wildman–Crippen MR) is 104 cm³/mol. The second kappa shape index (κ2) is 7.02. The molecule has 27 heavy (non-hydrogen) atoms. The molecule has 0 spiro atoms. The number of carbonyl (C=O) groups is 2. The summed E-state index contributed by atoms with van der Waals surface area (Å²) in [6, 6.07) is 5.61. The summed E-state index contributed by atoms with van der Waals surface area (Å²) in [7, 11) is 3.73. The van der Waals surface area contributed by atoms with Crippen LogP contribution >= 0.6 is 0 Å². The zero-order valence-corrected chi connectivity index (χ0v) is 16.6. The summed E-state index contributed by atoms with van der Waals surface area (Å²) in [5.41, 5.74) is 2.51. The SMILES string of the molecule is COCCNC(=O)c1ccc2c(c1)[C@]1(C)CC[C@H]1C(N(C)CC1CC1)C2=O. The minimum absolute atomic E-state index is 0.00542. The molecular weight excluding hydrogens is 340 g/mol. The van der Waals surface area contributed by atoms with E-state index in [1.807, 2.05) is 12.1 Å². The highest BCUT2D eigenvalue weighted by Crippen LogP contribution is 2.55. The molecule has 2 fully saturated rings. The molecular formula is C22H30N2O3. The molecule has 2 saturated carbocycles. The van der Waals surface area contributed by atoms with Crippen LogP contribution in [0.2, 0.25) is 0 Å². The van der Waals surface area contributed by atoms with Crippen molar-refractivity contribution < 1.29 is 14.3 Å². The first-order valence-corrected chi connectivity index (χ1v) is 10.1. The number of methoxy groups -OCH3 is 1. The van der Waals surface area contributed by atoms with Crippen LogP contribution in [0.25, 0.3) is 0 Å². The maximum atomic E-state index is 13.3. The van der Waals surface area contributed by atoms with Gasteiger partial charge in [-0.2, -0.15) is 0 Å². The molecule has 0 saturated heterocycles. The molecule has 3 aliphatic carbocycles. The molecule has 5 nitrogen and oxygen atoms in total. The van der Waals surface area contributed by atoms with Gasteiger partial charge in [0.2, 0.25) is 0 Å². The number of carbonyl (C=O) groups excluding carboxylic acids is 2. The molecule has 1 aromatic rings. The van der Waals surface area contributed by atoms with E-state index in [0.29, 0.717) is 24.6 Å². The summed E-state index contributed by atoms with van der Waals surface area (Å²) < 4.78 is 4.99. The normalized spacial score (nSPS) is 29.1. The van der Waals surface area contributed by atoms with Crippen LogP contribution in [-0.2, 0) is 10.2 Å². The van der Waals surface area contributed by atoms with E-state index in [2.05, 4.69) is 24.2 Å². The highest BCUT2D eigenvalue weighted by Gasteiger charge is 2.56. The number of nitrogens with one attached hydrogen (secondary N) is 1. The van der Waals surface area contributed by atoms with Gasteiger partial charge in [0.05, 0.1) is 12.6 Å². The van der Waals surface area contributed by atoms with Crippen molar-refractivity contribution in [1.82, 2.24) is 10.2 Å². The Morgan fingerprint density at radius 3 is 2.74 bits per heavy atom. The number of ketones is 1. The minimum Gasteiger partial charge on any atom is -0.383 e. The maximum absolute atomic E-state index is 13.3. The van der Waals surface area contributed by atoms with Crippen LogP contribution in [0.5, 0.6) is 0 Å². The third-order valence-electron chi connectivity index (χ3n) is 6.92. The lowest BCUT2D eigenvalue weighted by atomic mass is 9.50. The van der Waals surface area contributed by atoms with E-state index in [1.165, 1.54) is 12.8 Å². The fourth-order valence-corrected chi connectivity index (χ4v) is 5.00. The van der Waals surface area contributed by atoms with E-state index in [9.17, 15) is 9.59 Å². The van der Waals surface area contributed by atoms with Crippen molar-refractivity contribution in [2.45, 2.75) is 44.1 Å². The minimum atomic E-state index is -0.102. The lowest BCUT2D eigenvalue weighted by molar-refractivity contribution is 0.0233. The second-order valence-corrected chi connectivity index (χ2v) is 8.76. The van der Waals surface area contributed by atoms with E-state index >= 15 is 0 Å². The summed E-state index contributed by atoms with van der Waals surface area (Å²) in [6.45, 7) is 4.28. The molecule has 1 amide bonds. The molecule has 1 aromatic carbocycles. The molecule has 146 valence electrons. The summed E-state index contributed by atoms with van der Waals surface area (Å²) in [5.74, 6) is 1.26. The molecule has 3 aliphatic rings. The number of hydrogen-bond acceptors (Lipinski definition) is 4. The Balaban J connectivity index is 1.61. The predicted octanol–water partition coefficient (Wildman–Crippen LogP) is 2.64. The Morgan fingerprint density at radius 2 is 2.11 bits per heavy atom. The standard InChI is InChI=1S/C22H30N2O3/c1-22-9-8-17(22)19(24(2)13-14-4-5-14)20(25)16-7-6-15(12-18(16)22)21(26)23-10-11-27-3/h6-7,12,14,17,19H,4-5,8-11,13H2,1-3H3,(H,23,26)/t17-,19?,22+/m0/s1. The van der Waals surface area contributed by atoms with Gasteiger partial charge in [-0.25, -0.2) is 0 Å². The van der Waals surface area contributed by atoms with Gasteiger partial charge >= 0.3 is 0 Å². The smallest absolute Gasteiger partial charge is 0.251 e. The molecule has 1 unspecified atom stereocenters. The first-order valence-electron chi connectivity index (χ1n) is 10.1. The Morgan fingerprint density at radius 1 is 1.33 bits per heavy atom. The van der Waals surface area contributed by atoms with Crippen molar-refractivity contribution >= 4 is 11.7 Å². The number of nitrogens with zero attached hydrogens (tertiary/aromatic N) is 1. The molecule has 3 atom stereocenters. The van der Waals surface area contributed by atoms with Crippen LogP contribution in [0.1, 0.15) is 58.9 Å². The van der Waals surface area contributed by atoms with Crippen molar-refractivity contribution in [3.8, 4) is 0 Å². The van der Waals surface area contributed by atoms with Gasteiger partial charge in [-0.15, -0.1) is 0 Å². The van der Waals surface area contributed by atoms with Crippen molar-refractivity contribution in [2.75, 3.05) is 33.9 Å². The van der Waals surface area contributed by atoms with Gasteiger partial charge in [0.25, 0.3) is 5.91 Å². The fourth-order valence-electron chi connectivity index (χ4n) is 5.00. The quantitative estimate of drug-likeness (QED) is 0.750. The van der Waals surface area contributed by atoms with Crippen LogP contribution in [0.15, 0.2) is 18.2 Å². The fraction of sp³-hybridized carbons (Fsp3) is 0.636. The zero-order valence-electron chi connectivity index (χ0n) is 16.6. The first-order chi connectivity index (χ1) is 13.0. The van der Waals surface area contributed by atoms with Crippen LogP contribution in [-0.4, -0.2) is 56.5 Å². The van der Waals surface area contributed by atoms with Gasteiger partial charge < -0.3 is 10.1 Å². The number of amides is 1. The Kier molecular flexibility index (Phi) is 4.85. The number of benzene rings is 1. The molecule has 5 heteroatoms. The van der Waals surface area contributed by atoms with E-state index in [4.69, 9.17) is 4.74 Å². The van der Waals surface area contributed by atoms with Gasteiger partial charge in [0.1, 0.15) is 0 Å². The third-order valence-corrected chi connectivity index (χ3v) is 6.92. The monoisotopic (exact) mass is 370 g/mol. The average Bonchev–Trinajstić information content (AvgIpc) is 3.46.